The molecule has 0 radical (unpaired) electrons. The molecule has 0 saturated carbocycles. The number of carbonyl (C=O) groups is 1. The van der Waals surface area contributed by atoms with Crippen LogP contribution >= 0.6 is 15.9 Å². The summed E-state index contributed by atoms with van der Waals surface area (Å²) in [4.78, 5) is 18.4. The zero-order valence-corrected chi connectivity index (χ0v) is 7.76. The quantitative estimate of drug-likeness (QED) is 0.792. The summed E-state index contributed by atoms with van der Waals surface area (Å²) in [5, 5.41) is 12.6. The van der Waals surface area contributed by atoms with Crippen LogP contribution < -0.4 is 0 Å². The molecule has 13 heavy (non-hydrogen) atoms. The zero-order chi connectivity index (χ0) is 9.42. The lowest BCUT2D eigenvalue weighted by Gasteiger charge is -1.99. The van der Waals surface area contributed by atoms with Gasteiger partial charge in [0.25, 0.3) is 5.78 Å². The van der Waals surface area contributed by atoms with Crippen molar-refractivity contribution in [3.05, 3.63) is 22.7 Å². The van der Waals surface area contributed by atoms with Gasteiger partial charge in [0, 0.05) is 6.20 Å². The fraction of sp³-hybridized carbons (Fsp3) is 0. The third kappa shape index (κ3) is 1.17. The minimum absolute atomic E-state index is 0.0162. The van der Waals surface area contributed by atoms with E-state index in [-0.39, 0.29) is 11.5 Å². The van der Waals surface area contributed by atoms with E-state index < -0.39 is 5.97 Å². The molecule has 0 aliphatic carbocycles. The number of carboxylic acid groups (broad SMARTS) is 1. The Morgan fingerprint density at radius 2 is 2.31 bits per heavy atom. The summed E-state index contributed by atoms with van der Waals surface area (Å²) in [6, 6.07) is 0. The van der Waals surface area contributed by atoms with Gasteiger partial charge in [-0.25, -0.2) is 9.78 Å². The van der Waals surface area contributed by atoms with Crippen LogP contribution in [-0.4, -0.2) is 30.7 Å². The minimum atomic E-state index is -1.08. The molecular weight excluding hydrogens is 240 g/mol. The molecule has 2 aromatic heterocycles. The van der Waals surface area contributed by atoms with E-state index in [0.717, 1.165) is 4.52 Å². The van der Waals surface area contributed by atoms with Crippen molar-refractivity contribution >= 4 is 27.7 Å². The summed E-state index contributed by atoms with van der Waals surface area (Å²) in [5.41, 5.74) is 0.0162. The van der Waals surface area contributed by atoms with Gasteiger partial charge in [0.15, 0.2) is 5.69 Å². The van der Waals surface area contributed by atoms with Gasteiger partial charge in [0.05, 0.1) is 4.47 Å². The van der Waals surface area contributed by atoms with Crippen LogP contribution in [0.2, 0.25) is 0 Å². The van der Waals surface area contributed by atoms with Crippen molar-refractivity contribution in [1.82, 2.24) is 19.6 Å². The van der Waals surface area contributed by atoms with Crippen molar-refractivity contribution in [2.75, 3.05) is 0 Å². The molecule has 66 valence electrons. The lowest BCUT2D eigenvalue weighted by atomic mass is 10.4. The highest BCUT2D eigenvalue weighted by Gasteiger charge is 2.14. The van der Waals surface area contributed by atoms with Crippen LogP contribution in [0.3, 0.4) is 0 Å². The van der Waals surface area contributed by atoms with E-state index in [9.17, 15) is 4.79 Å². The highest BCUT2D eigenvalue weighted by Crippen LogP contribution is 2.14. The summed E-state index contributed by atoms with van der Waals surface area (Å²) in [6.45, 7) is 0. The van der Waals surface area contributed by atoms with Crippen molar-refractivity contribution in [2.45, 2.75) is 0 Å². The van der Waals surface area contributed by atoms with Crippen molar-refractivity contribution in [3.63, 3.8) is 0 Å². The van der Waals surface area contributed by atoms with Crippen molar-refractivity contribution < 1.29 is 9.90 Å². The van der Waals surface area contributed by atoms with Crippen LogP contribution in [-0.2, 0) is 0 Å². The second kappa shape index (κ2) is 2.77. The maximum Gasteiger partial charge on any atom is 0.355 e. The fourth-order valence-corrected chi connectivity index (χ4v) is 1.39. The fourth-order valence-electron chi connectivity index (χ4n) is 0.951. The van der Waals surface area contributed by atoms with Gasteiger partial charge in [-0.3, -0.25) is 0 Å². The number of halogens is 1. The van der Waals surface area contributed by atoms with E-state index in [1.165, 1.54) is 12.5 Å². The molecule has 0 fully saturated rings. The number of hydrogen-bond donors (Lipinski definition) is 1. The lowest BCUT2D eigenvalue weighted by molar-refractivity contribution is 0.0686. The molecular formula is C6H3BrN4O2. The molecule has 7 heteroatoms. The summed E-state index contributed by atoms with van der Waals surface area (Å²) in [7, 11) is 0. The first-order valence-corrected chi connectivity index (χ1v) is 4.07. The highest BCUT2D eigenvalue weighted by molar-refractivity contribution is 9.10. The van der Waals surface area contributed by atoms with Crippen LogP contribution in [0.15, 0.2) is 17.0 Å². The molecule has 0 unspecified atom stereocenters. The maximum atomic E-state index is 10.8. The van der Waals surface area contributed by atoms with Gasteiger partial charge in [-0.15, -0.1) is 0 Å². The maximum absolute atomic E-state index is 10.8. The predicted octanol–water partition coefficient (Wildman–Crippen LogP) is 0.585. The number of rotatable bonds is 1. The predicted molar refractivity (Wildman–Crippen MR) is 45.4 cm³/mol. The molecule has 0 aliphatic rings. The Labute approximate surface area is 80.4 Å². The van der Waals surface area contributed by atoms with E-state index in [2.05, 4.69) is 31.0 Å². The third-order valence-electron chi connectivity index (χ3n) is 1.46. The van der Waals surface area contributed by atoms with Gasteiger partial charge in [-0.05, 0) is 15.9 Å². The number of aromatic carboxylic acids is 1. The first-order chi connectivity index (χ1) is 6.20. The van der Waals surface area contributed by atoms with E-state index >= 15 is 0 Å². The Hall–Kier alpha value is -1.50. The van der Waals surface area contributed by atoms with E-state index in [1.54, 1.807) is 0 Å². The Morgan fingerprint density at radius 1 is 1.54 bits per heavy atom. The van der Waals surface area contributed by atoms with Gasteiger partial charge in [0.2, 0.25) is 0 Å². The topological polar surface area (TPSA) is 80.4 Å². The van der Waals surface area contributed by atoms with E-state index in [0.29, 0.717) is 4.47 Å². The van der Waals surface area contributed by atoms with Crippen LogP contribution in [0.1, 0.15) is 10.5 Å². The van der Waals surface area contributed by atoms with Gasteiger partial charge in [0.1, 0.15) is 6.33 Å². The molecule has 0 spiro atoms. The number of hydrogen-bond acceptors (Lipinski definition) is 4. The molecule has 2 rings (SSSR count). The molecule has 0 bridgehead atoms. The highest BCUT2D eigenvalue weighted by atomic mass is 79.9. The van der Waals surface area contributed by atoms with Gasteiger partial charge < -0.3 is 5.11 Å². The molecule has 2 heterocycles. The molecule has 0 amide bonds. The normalized spacial score (nSPS) is 10.5. The van der Waals surface area contributed by atoms with E-state index in [1.807, 2.05) is 0 Å². The van der Waals surface area contributed by atoms with Gasteiger partial charge in [-0.2, -0.15) is 14.6 Å². The second-order valence-electron chi connectivity index (χ2n) is 2.23. The third-order valence-corrected chi connectivity index (χ3v) is 2.04. The van der Waals surface area contributed by atoms with E-state index in [4.69, 9.17) is 5.11 Å². The molecule has 0 saturated heterocycles. The first-order valence-electron chi connectivity index (χ1n) is 3.27. The molecule has 6 nitrogen and oxygen atoms in total. The van der Waals surface area contributed by atoms with Crippen molar-refractivity contribution in [3.8, 4) is 0 Å². The van der Waals surface area contributed by atoms with Crippen LogP contribution in [0.5, 0.6) is 0 Å². The minimum Gasteiger partial charge on any atom is -0.476 e. The summed E-state index contributed by atoms with van der Waals surface area (Å²) >= 11 is 3.07. The summed E-state index contributed by atoms with van der Waals surface area (Å²) in [5.74, 6) is -0.814. The number of nitrogens with zero attached hydrogens (tertiary/aromatic N) is 4. The number of fused-ring (bicyclic) bond motifs is 1. The average Bonchev–Trinajstić information content (AvgIpc) is 2.50. The average molecular weight is 243 g/mol. The van der Waals surface area contributed by atoms with Crippen molar-refractivity contribution in [2.24, 2.45) is 0 Å². The Kier molecular flexibility index (Phi) is 1.73. The SMILES string of the molecule is O=C(O)c1c(Br)cnc2ncnn12. The standard InChI is InChI=1S/C6H3BrN4O2/c7-3-1-8-6-9-2-10-11(6)4(3)5(12)13/h1-2H,(H,12,13). The Morgan fingerprint density at radius 3 is 3.00 bits per heavy atom. The zero-order valence-electron chi connectivity index (χ0n) is 6.18. The van der Waals surface area contributed by atoms with Crippen LogP contribution in [0.25, 0.3) is 5.78 Å². The van der Waals surface area contributed by atoms with Gasteiger partial charge in [-0.1, -0.05) is 0 Å². The molecule has 0 aliphatic heterocycles. The molecule has 2 aromatic rings. The lowest BCUT2D eigenvalue weighted by Crippen LogP contribution is -2.08. The first kappa shape index (κ1) is 8.11. The smallest absolute Gasteiger partial charge is 0.355 e. The van der Waals surface area contributed by atoms with Crippen molar-refractivity contribution in [1.29, 1.82) is 0 Å². The molecule has 1 N–H and O–H groups in total. The van der Waals surface area contributed by atoms with Crippen LogP contribution in [0.4, 0.5) is 0 Å². The molecule has 0 aromatic carbocycles. The second-order valence-corrected chi connectivity index (χ2v) is 3.09. The summed E-state index contributed by atoms with van der Waals surface area (Å²) < 4.78 is 1.53. The monoisotopic (exact) mass is 242 g/mol. The summed E-state index contributed by atoms with van der Waals surface area (Å²) in [6.07, 6.45) is 2.63. The largest absolute Gasteiger partial charge is 0.476 e. The Bertz CT molecular complexity index is 480. The number of aromatic nitrogens is 4. The van der Waals surface area contributed by atoms with Crippen LogP contribution in [0, 0.1) is 0 Å². The number of carboxylic acids is 1. The Balaban J connectivity index is 2.88. The molecule has 0 atom stereocenters. The van der Waals surface area contributed by atoms with Gasteiger partial charge >= 0.3 is 5.97 Å².